The van der Waals surface area contributed by atoms with Crippen molar-refractivity contribution in [1.82, 2.24) is 4.90 Å². The molecule has 2 heterocycles. The number of likely N-dealkylation sites (tertiary alicyclic amines) is 1. The van der Waals surface area contributed by atoms with Crippen LogP contribution >= 0.6 is 11.6 Å². The number of rotatable bonds is 5. The molecule has 2 saturated heterocycles. The minimum Gasteiger partial charge on any atom is -0.370 e. The molecule has 3 rings (SSSR count). The summed E-state index contributed by atoms with van der Waals surface area (Å²) in [5.41, 5.74) is 0.302. The van der Waals surface area contributed by atoms with E-state index in [0.29, 0.717) is 11.7 Å². The molecule has 2 unspecified atom stereocenters. The lowest BCUT2D eigenvalue weighted by Crippen LogP contribution is -2.37. The predicted octanol–water partition coefficient (Wildman–Crippen LogP) is 3.96. The molecule has 110 valence electrons. The van der Waals surface area contributed by atoms with E-state index in [4.69, 9.17) is 16.3 Å². The Balaban J connectivity index is 1.48. The second-order valence-electron chi connectivity index (χ2n) is 6.79. The number of halogens is 1. The highest BCUT2D eigenvalue weighted by Crippen LogP contribution is 2.43. The Morgan fingerprint density at radius 2 is 1.95 bits per heavy atom. The first-order valence-corrected chi connectivity index (χ1v) is 8.83. The van der Waals surface area contributed by atoms with E-state index in [2.05, 4.69) is 4.90 Å². The summed E-state index contributed by atoms with van der Waals surface area (Å²) in [5, 5.41) is 0. The van der Waals surface area contributed by atoms with Crippen molar-refractivity contribution >= 4 is 11.6 Å². The summed E-state index contributed by atoms with van der Waals surface area (Å²) in [6.45, 7) is 2.45. The Bertz CT molecular complexity index is 290. The average Bonchev–Trinajstić information content (AvgIpc) is 3.12. The van der Waals surface area contributed by atoms with E-state index < -0.39 is 0 Å². The largest absolute Gasteiger partial charge is 0.370 e. The molecule has 1 saturated carbocycles. The van der Waals surface area contributed by atoms with E-state index in [1.165, 1.54) is 70.9 Å². The molecule has 2 aliphatic heterocycles. The highest BCUT2D eigenvalue weighted by molar-refractivity contribution is 6.17. The zero-order valence-electron chi connectivity index (χ0n) is 12.1. The normalized spacial score (nSPS) is 34.6. The third kappa shape index (κ3) is 3.28. The predicted molar refractivity (Wildman–Crippen MR) is 79.9 cm³/mol. The summed E-state index contributed by atoms with van der Waals surface area (Å²) in [4.78, 5) is 2.69. The summed E-state index contributed by atoms with van der Waals surface area (Å²) in [6, 6.07) is 0.780. The van der Waals surface area contributed by atoms with Crippen molar-refractivity contribution < 1.29 is 4.74 Å². The van der Waals surface area contributed by atoms with Crippen LogP contribution in [-0.4, -0.2) is 41.6 Å². The topological polar surface area (TPSA) is 12.5 Å². The maximum atomic E-state index is 6.46. The monoisotopic (exact) mass is 285 g/mol. The molecule has 0 amide bonds. The molecule has 0 aromatic rings. The average molecular weight is 286 g/mol. The fourth-order valence-electron chi connectivity index (χ4n) is 4.45. The van der Waals surface area contributed by atoms with Gasteiger partial charge in [0.1, 0.15) is 0 Å². The number of nitrogens with zero attached hydrogens (tertiary/aromatic N) is 1. The molecule has 0 bridgehead atoms. The summed E-state index contributed by atoms with van der Waals surface area (Å²) in [6.07, 6.45) is 13.7. The van der Waals surface area contributed by atoms with E-state index in [-0.39, 0.29) is 0 Å². The first kappa shape index (κ1) is 14.2. The molecule has 1 aliphatic carbocycles. The van der Waals surface area contributed by atoms with Crippen LogP contribution in [0.15, 0.2) is 0 Å². The van der Waals surface area contributed by atoms with Crippen LogP contribution in [0.5, 0.6) is 0 Å². The van der Waals surface area contributed by atoms with Crippen LogP contribution in [0.4, 0.5) is 0 Å². The lowest BCUT2D eigenvalue weighted by atomic mass is 9.98. The van der Waals surface area contributed by atoms with Gasteiger partial charge in [0, 0.05) is 18.5 Å². The zero-order valence-corrected chi connectivity index (χ0v) is 12.8. The fourth-order valence-corrected chi connectivity index (χ4v) is 4.60. The van der Waals surface area contributed by atoms with Crippen molar-refractivity contribution in [2.75, 3.05) is 19.0 Å². The number of hydrogen-bond acceptors (Lipinski definition) is 2. The van der Waals surface area contributed by atoms with E-state index in [1.807, 2.05) is 0 Å². The smallest absolute Gasteiger partial charge is 0.0710 e. The summed E-state index contributed by atoms with van der Waals surface area (Å²) in [7, 11) is 0. The standard InChI is InChI=1S/C16H28ClNO/c17-11-3-5-14-6-4-12-18(14)13-15-7-10-16(19-15)8-1-2-9-16/h14-15H,1-13H2. The van der Waals surface area contributed by atoms with Crippen molar-refractivity contribution in [3.05, 3.63) is 0 Å². The van der Waals surface area contributed by atoms with E-state index in [1.54, 1.807) is 0 Å². The van der Waals surface area contributed by atoms with Gasteiger partial charge >= 0.3 is 0 Å². The van der Waals surface area contributed by atoms with Crippen LogP contribution < -0.4 is 0 Å². The molecule has 2 atom stereocenters. The molecule has 3 aliphatic rings. The van der Waals surface area contributed by atoms with Gasteiger partial charge in [-0.25, -0.2) is 0 Å². The van der Waals surface area contributed by atoms with Gasteiger partial charge in [0.05, 0.1) is 11.7 Å². The van der Waals surface area contributed by atoms with Crippen LogP contribution in [0.25, 0.3) is 0 Å². The van der Waals surface area contributed by atoms with Gasteiger partial charge in [-0.15, -0.1) is 11.6 Å². The molecular weight excluding hydrogens is 258 g/mol. The van der Waals surface area contributed by atoms with Crippen LogP contribution in [0.2, 0.25) is 0 Å². The highest BCUT2D eigenvalue weighted by Gasteiger charge is 2.43. The Morgan fingerprint density at radius 1 is 1.11 bits per heavy atom. The molecule has 0 radical (unpaired) electrons. The second-order valence-corrected chi connectivity index (χ2v) is 7.17. The number of ether oxygens (including phenoxy) is 1. The van der Waals surface area contributed by atoms with Crippen molar-refractivity contribution in [3.8, 4) is 0 Å². The number of hydrogen-bond donors (Lipinski definition) is 0. The maximum Gasteiger partial charge on any atom is 0.0710 e. The van der Waals surface area contributed by atoms with Gasteiger partial charge in [-0.05, 0) is 57.9 Å². The third-order valence-corrected chi connectivity index (χ3v) is 5.73. The van der Waals surface area contributed by atoms with Gasteiger partial charge in [-0.3, -0.25) is 4.90 Å². The first-order valence-electron chi connectivity index (χ1n) is 8.29. The van der Waals surface area contributed by atoms with Gasteiger partial charge in [0.15, 0.2) is 0 Å². The van der Waals surface area contributed by atoms with Crippen molar-refractivity contribution in [2.24, 2.45) is 0 Å². The van der Waals surface area contributed by atoms with Crippen molar-refractivity contribution in [1.29, 1.82) is 0 Å². The van der Waals surface area contributed by atoms with Crippen LogP contribution in [0, 0.1) is 0 Å². The lowest BCUT2D eigenvalue weighted by molar-refractivity contribution is -0.0486. The summed E-state index contributed by atoms with van der Waals surface area (Å²) < 4.78 is 6.46. The van der Waals surface area contributed by atoms with Crippen LogP contribution in [0.1, 0.15) is 64.2 Å². The SMILES string of the molecule is ClCCCC1CCCN1CC1CCC2(CCCC2)O1. The molecule has 3 fully saturated rings. The van der Waals surface area contributed by atoms with E-state index >= 15 is 0 Å². The van der Waals surface area contributed by atoms with E-state index in [9.17, 15) is 0 Å². The second kappa shape index (κ2) is 6.32. The Kier molecular flexibility index (Phi) is 4.71. The molecular formula is C16H28ClNO. The Labute approximate surface area is 122 Å². The van der Waals surface area contributed by atoms with Gasteiger partial charge in [-0.2, -0.15) is 0 Å². The van der Waals surface area contributed by atoms with Gasteiger partial charge in [-0.1, -0.05) is 12.8 Å². The fraction of sp³-hybridized carbons (Fsp3) is 1.00. The third-order valence-electron chi connectivity index (χ3n) is 5.46. The van der Waals surface area contributed by atoms with E-state index in [0.717, 1.165) is 18.3 Å². The molecule has 2 nitrogen and oxygen atoms in total. The molecule has 19 heavy (non-hydrogen) atoms. The van der Waals surface area contributed by atoms with Gasteiger partial charge in [0.2, 0.25) is 0 Å². The minimum absolute atomic E-state index is 0.302. The van der Waals surface area contributed by atoms with Crippen LogP contribution in [-0.2, 0) is 4.74 Å². The Hall–Kier alpha value is 0.210. The van der Waals surface area contributed by atoms with Crippen molar-refractivity contribution in [2.45, 2.75) is 82.0 Å². The molecule has 0 N–H and O–H groups in total. The molecule has 1 spiro atoms. The summed E-state index contributed by atoms with van der Waals surface area (Å²) >= 11 is 5.84. The molecule has 0 aromatic carbocycles. The first-order chi connectivity index (χ1) is 9.31. The minimum atomic E-state index is 0.302. The molecule has 3 heteroatoms. The highest BCUT2D eigenvalue weighted by atomic mass is 35.5. The zero-order chi connectivity index (χ0) is 13.1. The van der Waals surface area contributed by atoms with Gasteiger partial charge < -0.3 is 4.74 Å². The van der Waals surface area contributed by atoms with Crippen molar-refractivity contribution in [3.63, 3.8) is 0 Å². The Morgan fingerprint density at radius 3 is 2.74 bits per heavy atom. The summed E-state index contributed by atoms with van der Waals surface area (Å²) in [5.74, 6) is 0.813. The quantitative estimate of drug-likeness (QED) is 0.709. The molecule has 0 aromatic heterocycles. The van der Waals surface area contributed by atoms with Crippen LogP contribution in [0.3, 0.4) is 0 Å². The maximum absolute atomic E-state index is 6.46. The van der Waals surface area contributed by atoms with Gasteiger partial charge in [0.25, 0.3) is 0 Å². The lowest BCUT2D eigenvalue weighted by Gasteiger charge is -2.29. The number of alkyl halides is 1.